The van der Waals surface area contributed by atoms with E-state index in [0.717, 1.165) is 23.8 Å². The van der Waals surface area contributed by atoms with Crippen molar-refractivity contribution in [3.8, 4) is 0 Å². The number of benzene rings is 2. The van der Waals surface area contributed by atoms with Gasteiger partial charge in [0.1, 0.15) is 0 Å². The number of rotatable bonds is 5. The van der Waals surface area contributed by atoms with E-state index in [4.69, 9.17) is 0 Å². The van der Waals surface area contributed by atoms with Crippen molar-refractivity contribution in [3.05, 3.63) is 70.8 Å². The van der Waals surface area contributed by atoms with Crippen LogP contribution in [-0.2, 0) is 6.54 Å². The van der Waals surface area contributed by atoms with Crippen molar-refractivity contribution in [1.29, 1.82) is 0 Å². The highest BCUT2D eigenvalue weighted by Gasteiger charge is 2.13. The highest BCUT2D eigenvalue weighted by Crippen LogP contribution is 2.12. The largest absolute Gasteiger partial charge is 0.545 e. The summed E-state index contributed by atoms with van der Waals surface area (Å²) in [6.07, 6.45) is 0. The lowest BCUT2D eigenvalue weighted by molar-refractivity contribution is -0.255. The maximum Gasteiger partial charge on any atom is 0.252 e. The molecule has 2 rings (SSSR count). The SMILES string of the molecule is O=C([O-])c1ccc(C(=O)NCc2ccccc2)c(C(=O)[O-])c1. The van der Waals surface area contributed by atoms with Crippen LogP contribution in [0.1, 0.15) is 36.6 Å². The lowest BCUT2D eigenvalue weighted by Gasteiger charge is -2.13. The van der Waals surface area contributed by atoms with Gasteiger partial charge in [-0.2, -0.15) is 0 Å². The molecule has 0 spiro atoms. The maximum absolute atomic E-state index is 12.1. The Morgan fingerprint density at radius 1 is 0.864 bits per heavy atom. The van der Waals surface area contributed by atoms with Crippen LogP contribution in [-0.4, -0.2) is 17.8 Å². The molecule has 0 saturated heterocycles. The minimum Gasteiger partial charge on any atom is -0.545 e. The van der Waals surface area contributed by atoms with E-state index in [-0.39, 0.29) is 17.7 Å². The summed E-state index contributed by atoms with van der Waals surface area (Å²) in [7, 11) is 0. The summed E-state index contributed by atoms with van der Waals surface area (Å²) in [5, 5.41) is 24.4. The van der Waals surface area contributed by atoms with Gasteiger partial charge < -0.3 is 25.1 Å². The van der Waals surface area contributed by atoms with Gasteiger partial charge in [0.25, 0.3) is 5.91 Å². The van der Waals surface area contributed by atoms with Gasteiger partial charge in [-0.25, -0.2) is 0 Å². The molecule has 0 bridgehead atoms. The third-order valence-electron chi connectivity index (χ3n) is 3.02. The molecular weight excluding hydrogens is 286 g/mol. The normalized spacial score (nSPS) is 10.0. The van der Waals surface area contributed by atoms with Crippen LogP contribution in [0.4, 0.5) is 0 Å². The zero-order chi connectivity index (χ0) is 16.1. The second-order valence-corrected chi connectivity index (χ2v) is 4.50. The van der Waals surface area contributed by atoms with E-state index in [9.17, 15) is 24.6 Å². The zero-order valence-corrected chi connectivity index (χ0v) is 11.4. The average molecular weight is 297 g/mol. The van der Waals surface area contributed by atoms with Crippen LogP contribution in [0.5, 0.6) is 0 Å². The molecule has 0 saturated carbocycles. The summed E-state index contributed by atoms with van der Waals surface area (Å²) >= 11 is 0. The van der Waals surface area contributed by atoms with Gasteiger partial charge in [0, 0.05) is 17.7 Å². The second kappa shape index (κ2) is 6.53. The van der Waals surface area contributed by atoms with Crippen molar-refractivity contribution in [2.75, 3.05) is 0 Å². The lowest BCUT2D eigenvalue weighted by atomic mass is 10.0. The maximum atomic E-state index is 12.1. The van der Waals surface area contributed by atoms with E-state index in [1.165, 1.54) is 0 Å². The number of carboxylic acid groups (broad SMARTS) is 2. The summed E-state index contributed by atoms with van der Waals surface area (Å²) in [5.74, 6) is -3.79. The zero-order valence-electron chi connectivity index (χ0n) is 11.4. The van der Waals surface area contributed by atoms with Crippen molar-refractivity contribution in [2.45, 2.75) is 6.54 Å². The third-order valence-corrected chi connectivity index (χ3v) is 3.02. The molecule has 2 aromatic carbocycles. The van der Waals surface area contributed by atoms with Crippen molar-refractivity contribution in [1.82, 2.24) is 5.32 Å². The first kappa shape index (κ1) is 15.2. The molecule has 0 unspecified atom stereocenters. The van der Waals surface area contributed by atoms with Crippen molar-refractivity contribution in [3.63, 3.8) is 0 Å². The number of carboxylic acids is 2. The van der Waals surface area contributed by atoms with Gasteiger partial charge in [0.05, 0.1) is 11.9 Å². The number of carbonyl (C=O) groups excluding carboxylic acids is 3. The van der Waals surface area contributed by atoms with E-state index in [0.29, 0.717) is 0 Å². The van der Waals surface area contributed by atoms with Gasteiger partial charge in [-0.15, -0.1) is 0 Å². The van der Waals surface area contributed by atoms with Gasteiger partial charge in [0.15, 0.2) is 0 Å². The number of aromatic carboxylic acids is 2. The van der Waals surface area contributed by atoms with Crippen LogP contribution in [0.3, 0.4) is 0 Å². The minimum absolute atomic E-state index is 0.166. The summed E-state index contributed by atoms with van der Waals surface area (Å²) in [6.45, 7) is 0.217. The summed E-state index contributed by atoms with van der Waals surface area (Å²) < 4.78 is 0. The van der Waals surface area contributed by atoms with Crippen molar-refractivity contribution >= 4 is 17.8 Å². The third kappa shape index (κ3) is 3.49. The second-order valence-electron chi connectivity index (χ2n) is 4.50. The predicted octanol–water partition coefficient (Wildman–Crippen LogP) is -0.656. The molecule has 2 aromatic rings. The van der Waals surface area contributed by atoms with Gasteiger partial charge in [-0.1, -0.05) is 36.4 Å². The molecule has 0 aliphatic heterocycles. The van der Waals surface area contributed by atoms with Crippen LogP contribution < -0.4 is 15.5 Å². The van der Waals surface area contributed by atoms with Crippen LogP contribution in [0.15, 0.2) is 48.5 Å². The molecule has 0 aliphatic rings. The molecule has 6 heteroatoms. The fourth-order valence-electron chi connectivity index (χ4n) is 1.91. The molecule has 1 N–H and O–H groups in total. The molecule has 1 amide bonds. The fraction of sp³-hybridized carbons (Fsp3) is 0.0625. The lowest BCUT2D eigenvalue weighted by Crippen LogP contribution is -2.31. The van der Waals surface area contributed by atoms with Crippen molar-refractivity contribution < 1.29 is 24.6 Å². The summed E-state index contributed by atoms with van der Waals surface area (Å²) in [4.78, 5) is 33.9. The number of hydrogen-bond donors (Lipinski definition) is 1. The first-order chi connectivity index (χ1) is 10.5. The molecule has 0 atom stereocenters. The number of carbonyl (C=O) groups is 3. The molecular formula is C16H11NO5-2. The number of amides is 1. The van der Waals surface area contributed by atoms with E-state index in [2.05, 4.69) is 5.32 Å². The van der Waals surface area contributed by atoms with E-state index in [1.807, 2.05) is 18.2 Å². The van der Waals surface area contributed by atoms with E-state index >= 15 is 0 Å². The van der Waals surface area contributed by atoms with E-state index < -0.39 is 23.4 Å². The first-order valence-corrected chi connectivity index (χ1v) is 6.38. The molecule has 22 heavy (non-hydrogen) atoms. The molecule has 0 radical (unpaired) electrons. The molecule has 0 aliphatic carbocycles. The quantitative estimate of drug-likeness (QED) is 0.788. The van der Waals surface area contributed by atoms with Crippen LogP contribution in [0, 0.1) is 0 Å². The Morgan fingerprint density at radius 3 is 2.14 bits per heavy atom. The molecule has 6 nitrogen and oxygen atoms in total. The Balaban J connectivity index is 2.22. The molecule has 0 fully saturated rings. The topological polar surface area (TPSA) is 109 Å². The van der Waals surface area contributed by atoms with Crippen molar-refractivity contribution in [2.24, 2.45) is 0 Å². The Bertz CT molecular complexity index is 725. The van der Waals surface area contributed by atoms with Crippen LogP contribution in [0.2, 0.25) is 0 Å². The number of hydrogen-bond acceptors (Lipinski definition) is 5. The Morgan fingerprint density at radius 2 is 1.55 bits per heavy atom. The average Bonchev–Trinajstić information content (AvgIpc) is 2.52. The summed E-state index contributed by atoms with van der Waals surface area (Å²) in [5.41, 5.74) is -0.149. The molecule has 0 heterocycles. The van der Waals surface area contributed by atoms with Crippen LogP contribution in [0.25, 0.3) is 0 Å². The summed E-state index contributed by atoms with van der Waals surface area (Å²) in [6, 6.07) is 12.1. The van der Waals surface area contributed by atoms with Gasteiger partial charge >= 0.3 is 0 Å². The monoisotopic (exact) mass is 297 g/mol. The highest BCUT2D eigenvalue weighted by molar-refractivity contribution is 6.05. The smallest absolute Gasteiger partial charge is 0.252 e. The standard InChI is InChI=1S/C16H13NO5/c18-14(17-9-10-4-2-1-3-5-10)12-7-6-11(15(19)20)8-13(12)16(21)22/h1-8H,9H2,(H,17,18)(H,19,20)(H,21,22)/p-2. The van der Waals surface area contributed by atoms with Gasteiger partial charge in [-0.3, -0.25) is 4.79 Å². The molecule has 0 aromatic heterocycles. The Labute approximate surface area is 126 Å². The van der Waals surface area contributed by atoms with Crippen LogP contribution >= 0.6 is 0 Å². The Hall–Kier alpha value is -3.15. The minimum atomic E-state index is -1.63. The van der Waals surface area contributed by atoms with Gasteiger partial charge in [-0.05, 0) is 23.3 Å². The van der Waals surface area contributed by atoms with Gasteiger partial charge in [0.2, 0.25) is 0 Å². The predicted molar refractivity (Wildman–Crippen MR) is 72.7 cm³/mol. The molecule has 112 valence electrons. The number of nitrogens with one attached hydrogen (secondary N) is 1. The first-order valence-electron chi connectivity index (χ1n) is 6.38. The highest BCUT2D eigenvalue weighted by atomic mass is 16.4. The van der Waals surface area contributed by atoms with E-state index in [1.54, 1.807) is 12.1 Å². The fourth-order valence-corrected chi connectivity index (χ4v) is 1.91. The Kier molecular flexibility index (Phi) is 4.53.